The molecule has 124 valence electrons. The van der Waals surface area contributed by atoms with Crippen LogP contribution in [-0.4, -0.2) is 43.5 Å². The van der Waals surface area contributed by atoms with Gasteiger partial charge in [-0.1, -0.05) is 6.92 Å². The minimum Gasteiger partial charge on any atom is -0.398 e. The number of hydrogen-bond donors (Lipinski definition) is 3. The van der Waals surface area contributed by atoms with Crippen molar-refractivity contribution < 1.29 is 17.8 Å². The lowest BCUT2D eigenvalue weighted by Crippen LogP contribution is -2.42. The average molecular weight is 347 g/mol. The van der Waals surface area contributed by atoms with E-state index in [1.54, 1.807) is 11.8 Å². The maximum absolute atomic E-state index is 12.2. The van der Waals surface area contributed by atoms with Crippen molar-refractivity contribution in [1.82, 2.24) is 0 Å². The van der Waals surface area contributed by atoms with Crippen LogP contribution in [0.5, 0.6) is 0 Å². The molecule has 0 aliphatic rings. The highest BCUT2D eigenvalue weighted by molar-refractivity contribution is 7.99. The summed E-state index contributed by atoms with van der Waals surface area (Å²) >= 11 is 1.69. The van der Waals surface area contributed by atoms with E-state index in [9.17, 15) is 13.2 Å². The third-order valence-corrected chi connectivity index (χ3v) is 4.93. The van der Waals surface area contributed by atoms with Crippen LogP contribution >= 0.6 is 11.8 Å². The molecule has 0 saturated carbocycles. The van der Waals surface area contributed by atoms with Crippen LogP contribution in [0.4, 0.5) is 11.4 Å². The number of likely N-dealkylation sites (N-methyl/N-ethyl adjacent to an activating group) is 1. The molecule has 0 fully saturated rings. The second-order valence-corrected chi connectivity index (χ2v) is 7.47. The van der Waals surface area contributed by atoms with E-state index in [-0.39, 0.29) is 11.6 Å². The Bertz CT molecular complexity index is 634. The zero-order valence-corrected chi connectivity index (χ0v) is 14.2. The molecule has 22 heavy (non-hydrogen) atoms. The molecule has 7 nitrogen and oxygen atoms in total. The van der Waals surface area contributed by atoms with Gasteiger partial charge in [0.2, 0.25) is 5.91 Å². The summed E-state index contributed by atoms with van der Waals surface area (Å²) in [5, 5.41) is 0. The van der Waals surface area contributed by atoms with Crippen molar-refractivity contribution in [2.24, 2.45) is 5.73 Å². The molecule has 1 rings (SSSR count). The molecule has 0 heterocycles. The van der Waals surface area contributed by atoms with Crippen LogP contribution in [0.1, 0.15) is 13.3 Å². The summed E-state index contributed by atoms with van der Waals surface area (Å²) in [7, 11) is -2.96. The van der Waals surface area contributed by atoms with Crippen molar-refractivity contribution >= 4 is 39.2 Å². The second-order valence-electron chi connectivity index (χ2n) is 4.69. The summed E-state index contributed by atoms with van der Waals surface area (Å²) in [5.74, 6) is 1.39. The van der Waals surface area contributed by atoms with Gasteiger partial charge in [0.05, 0.1) is 11.7 Å². The topological polar surface area (TPSA) is 127 Å². The summed E-state index contributed by atoms with van der Waals surface area (Å²) in [6.45, 7) is 2.02. The van der Waals surface area contributed by atoms with Gasteiger partial charge in [-0.3, -0.25) is 9.35 Å². The third-order valence-electron chi connectivity index (χ3n) is 3.09. The molecular formula is C13H21N3O4S2. The highest BCUT2D eigenvalue weighted by Gasteiger charge is 2.21. The van der Waals surface area contributed by atoms with Gasteiger partial charge in [0.1, 0.15) is 4.90 Å². The molecule has 0 saturated heterocycles. The van der Waals surface area contributed by atoms with Gasteiger partial charge in [0.25, 0.3) is 10.1 Å². The van der Waals surface area contributed by atoms with Gasteiger partial charge in [-0.05, 0) is 36.1 Å². The van der Waals surface area contributed by atoms with Crippen molar-refractivity contribution in [2.45, 2.75) is 24.3 Å². The van der Waals surface area contributed by atoms with Gasteiger partial charge in [-0.2, -0.15) is 20.2 Å². The van der Waals surface area contributed by atoms with Gasteiger partial charge < -0.3 is 16.4 Å². The van der Waals surface area contributed by atoms with Crippen LogP contribution in [0.15, 0.2) is 23.1 Å². The van der Waals surface area contributed by atoms with E-state index in [2.05, 4.69) is 0 Å². The Hall–Kier alpha value is -1.29. The molecule has 0 unspecified atom stereocenters. The Kier molecular flexibility index (Phi) is 6.66. The molecule has 0 spiro atoms. The fourth-order valence-corrected chi connectivity index (χ4v) is 3.15. The zero-order chi connectivity index (χ0) is 16.9. The first-order valence-electron chi connectivity index (χ1n) is 6.66. The van der Waals surface area contributed by atoms with Gasteiger partial charge in [-0.25, -0.2) is 0 Å². The average Bonchev–Trinajstić information content (AvgIpc) is 2.45. The molecule has 9 heteroatoms. The maximum atomic E-state index is 12.2. The largest absolute Gasteiger partial charge is 0.398 e. The van der Waals surface area contributed by atoms with Crippen LogP contribution in [0.2, 0.25) is 0 Å². The zero-order valence-electron chi connectivity index (χ0n) is 12.5. The van der Waals surface area contributed by atoms with E-state index >= 15 is 0 Å². The lowest BCUT2D eigenvalue weighted by atomic mass is 10.2. The number of hydrogen-bond acceptors (Lipinski definition) is 6. The van der Waals surface area contributed by atoms with Crippen LogP contribution < -0.4 is 16.4 Å². The third kappa shape index (κ3) is 4.87. The van der Waals surface area contributed by atoms with Gasteiger partial charge in [0, 0.05) is 12.7 Å². The SMILES string of the molecule is CCSCC[C@H](N)C(=O)N(C)c1ccc(N)c(S(=O)(=O)O)c1. The number of anilines is 2. The van der Waals surface area contributed by atoms with E-state index in [4.69, 9.17) is 16.0 Å². The molecular weight excluding hydrogens is 326 g/mol. The second kappa shape index (κ2) is 7.82. The number of nitrogens with two attached hydrogens (primary N) is 2. The van der Waals surface area contributed by atoms with E-state index in [0.717, 1.165) is 17.6 Å². The number of carbonyl (C=O) groups excluding carboxylic acids is 1. The molecule has 0 bridgehead atoms. The molecule has 5 N–H and O–H groups in total. The van der Waals surface area contributed by atoms with E-state index in [1.807, 2.05) is 6.92 Å². The first-order valence-corrected chi connectivity index (χ1v) is 9.25. The number of carbonyl (C=O) groups is 1. The summed E-state index contributed by atoms with van der Waals surface area (Å²) in [6.07, 6.45) is 0.530. The summed E-state index contributed by atoms with van der Waals surface area (Å²) in [4.78, 5) is 13.1. The lowest BCUT2D eigenvalue weighted by molar-refractivity contribution is -0.119. The number of nitrogen functional groups attached to an aromatic ring is 1. The van der Waals surface area contributed by atoms with Crippen LogP contribution in [0.25, 0.3) is 0 Å². The summed E-state index contributed by atoms with van der Waals surface area (Å²) in [6, 6.07) is 3.29. The maximum Gasteiger partial charge on any atom is 0.296 e. The smallest absolute Gasteiger partial charge is 0.296 e. The monoisotopic (exact) mass is 347 g/mol. The fourth-order valence-electron chi connectivity index (χ4n) is 1.81. The standard InChI is InChI=1S/C13H21N3O4S2/c1-3-21-7-6-11(15)13(17)16(2)9-4-5-10(14)12(8-9)22(18,19)20/h4-5,8,11H,3,6-7,14-15H2,1-2H3,(H,18,19,20)/t11-/m0/s1. The Morgan fingerprint density at radius 2 is 2.09 bits per heavy atom. The predicted molar refractivity (Wildman–Crippen MR) is 89.7 cm³/mol. The first kappa shape index (κ1) is 18.8. The number of rotatable bonds is 7. The Morgan fingerprint density at radius 3 is 2.64 bits per heavy atom. The highest BCUT2D eigenvalue weighted by Crippen LogP contribution is 2.25. The number of thioether (sulfide) groups is 1. The van der Waals surface area contributed by atoms with Crippen molar-refractivity contribution in [3.63, 3.8) is 0 Å². The predicted octanol–water partition coefficient (Wildman–Crippen LogP) is 0.949. The van der Waals surface area contributed by atoms with Gasteiger partial charge in [-0.15, -0.1) is 0 Å². The van der Waals surface area contributed by atoms with Crippen LogP contribution in [-0.2, 0) is 14.9 Å². The summed E-state index contributed by atoms with van der Waals surface area (Å²) in [5.41, 5.74) is 11.6. The van der Waals surface area contributed by atoms with Crippen LogP contribution in [0, 0.1) is 0 Å². The Labute approximate surface area is 134 Å². The van der Waals surface area contributed by atoms with Crippen molar-refractivity contribution in [3.05, 3.63) is 18.2 Å². The highest BCUT2D eigenvalue weighted by atomic mass is 32.2. The summed E-state index contributed by atoms with van der Waals surface area (Å²) < 4.78 is 31.6. The molecule has 0 aromatic heterocycles. The number of nitrogens with zero attached hydrogens (tertiary/aromatic N) is 1. The van der Waals surface area contributed by atoms with Crippen molar-refractivity contribution in [3.8, 4) is 0 Å². The quantitative estimate of drug-likeness (QED) is 0.381. The fraction of sp³-hybridized carbons (Fsp3) is 0.462. The minimum absolute atomic E-state index is 0.0873. The lowest BCUT2D eigenvalue weighted by Gasteiger charge is -2.22. The molecule has 1 amide bonds. The normalized spacial score (nSPS) is 12.9. The Balaban J connectivity index is 2.93. The van der Waals surface area contributed by atoms with Crippen molar-refractivity contribution in [2.75, 3.05) is 29.2 Å². The number of benzene rings is 1. The molecule has 0 aliphatic heterocycles. The molecule has 1 atom stereocenters. The Morgan fingerprint density at radius 1 is 1.45 bits per heavy atom. The van der Waals surface area contributed by atoms with E-state index < -0.39 is 21.1 Å². The molecule has 1 aromatic carbocycles. The molecule has 1 aromatic rings. The minimum atomic E-state index is -4.45. The van der Waals surface area contributed by atoms with Gasteiger partial charge in [0.15, 0.2) is 0 Å². The first-order chi connectivity index (χ1) is 10.2. The van der Waals surface area contributed by atoms with Crippen LogP contribution in [0.3, 0.4) is 0 Å². The number of amides is 1. The van der Waals surface area contributed by atoms with E-state index in [0.29, 0.717) is 12.1 Å². The van der Waals surface area contributed by atoms with Gasteiger partial charge >= 0.3 is 0 Å². The van der Waals surface area contributed by atoms with Crippen molar-refractivity contribution in [1.29, 1.82) is 0 Å². The van der Waals surface area contributed by atoms with E-state index in [1.165, 1.54) is 24.1 Å². The molecule has 0 radical (unpaired) electrons. The molecule has 0 aliphatic carbocycles.